The number of carbonyl (C=O) groups excluding carboxylic acids is 1. The molecule has 2 N–H and O–H groups in total. The Labute approximate surface area is 124 Å². The van der Waals surface area contributed by atoms with Crippen LogP contribution in [0.15, 0.2) is 6.07 Å². The van der Waals surface area contributed by atoms with E-state index in [0.29, 0.717) is 5.69 Å². The summed E-state index contributed by atoms with van der Waals surface area (Å²) in [4.78, 5) is 23.5. The van der Waals surface area contributed by atoms with E-state index < -0.39 is 11.5 Å². The second kappa shape index (κ2) is 5.87. The molecule has 116 valence electrons. The van der Waals surface area contributed by atoms with E-state index in [-0.39, 0.29) is 18.2 Å². The molecule has 0 spiro atoms. The largest absolute Gasteiger partial charge is 0.481 e. The summed E-state index contributed by atoms with van der Waals surface area (Å²) >= 11 is 0. The van der Waals surface area contributed by atoms with E-state index in [2.05, 4.69) is 10.4 Å². The third-order valence-electron chi connectivity index (χ3n) is 4.15. The minimum atomic E-state index is -0.870. The molecule has 0 unspecified atom stereocenters. The first-order chi connectivity index (χ1) is 9.83. The predicted octanol–water partition coefficient (Wildman–Crippen LogP) is 2.06. The maximum atomic E-state index is 12.5. The van der Waals surface area contributed by atoms with Gasteiger partial charge in [-0.05, 0) is 24.8 Å². The average Bonchev–Trinajstić information content (AvgIpc) is 2.95. The van der Waals surface area contributed by atoms with Gasteiger partial charge in [-0.3, -0.25) is 14.3 Å². The standard InChI is InChI=1S/C15H23N3O3/c1-10(2)11-8-12(18(3)17-11)14(21)16-15(9-13(19)20)6-4-5-7-15/h8,10H,4-7,9H2,1-3H3,(H,16,21)(H,19,20). The predicted molar refractivity (Wildman–Crippen MR) is 78.2 cm³/mol. The summed E-state index contributed by atoms with van der Waals surface area (Å²) in [6.45, 7) is 4.04. The van der Waals surface area contributed by atoms with Crippen molar-refractivity contribution in [2.45, 2.75) is 57.4 Å². The van der Waals surface area contributed by atoms with Crippen LogP contribution in [0.4, 0.5) is 0 Å². The van der Waals surface area contributed by atoms with Gasteiger partial charge in [0.05, 0.1) is 17.7 Å². The van der Waals surface area contributed by atoms with Crippen molar-refractivity contribution in [3.63, 3.8) is 0 Å². The average molecular weight is 293 g/mol. The molecule has 6 nitrogen and oxygen atoms in total. The van der Waals surface area contributed by atoms with Crippen LogP contribution in [0.2, 0.25) is 0 Å². The van der Waals surface area contributed by atoms with Gasteiger partial charge >= 0.3 is 5.97 Å². The minimum Gasteiger partial charge on any atom is -0.481 e. The van der Waals surface area contributed by atoms with Crippen LogP contribution >= 0.6 is 0 Å². The molecule has 6 heteroatoms. The summed E-state index contributed by atoms with van der Waals surface area (Å²) in [6, 6.07) is 1.78. The number of aliphatic carboxylic acids is 1. The number of aromatic nitrogens is 2. The molecule has 0 saturated heterocycles. The third kappa shape index (κ3) is 3.43. The van der Waals surface area contributed by atoms with Crippen molar-refractivity contribution in [1.29, 1.82) is 0 Å². The van der Waals surface area contributed by atoms with Crippen molar-refractivity contribution in [2.24, 2.45) is 7.05 Å². The van der Waals surface area contributed by atoms with Crippen LogP contribution in [0.5, 0.6) is 0 Å². The number of carboxylic acid groups (broad SMARTS) is 1. The Hall–Kier alpha value is -1.85. The van der Waals surface area contributed by atoms with Gasteiger partial charge in [0.2, 0.25) is 0 Å². The zero-order valence-electron chi connectivity index (χ0n) is 12.8. The Bertz CT molecular complexity index is 542. The zero-order chi connectivity index (χ0) is 15.6. The molecule has 0 aromatic carbocycles. The van der Waals surface area contributed by atoms with Gasteiger partial charge in [-0.15, -0.1) is 0 Å². The number of aryl methyl sites for hydroxylation is 1. The summed E-state index contributed by atoms with van der Waals surface area (Å²) in [5, 5.41) is 16.4. The lowest BCUT2D eigenvalue weighted by Gasteiger charge is -2.28. The van der Waals surface area contributed by atoms with Gasteiger partial charge in [0.25, 0.3) is 5.91 Å². The van der Waals surface area contributed by atoms with E-state index in [4.69, 9.17) is 5.11 Å². The van der Waals surface area contributed by atoms with Gasteiger partial charge in [-0.1, -0.05) is 26.7 Å². The van der Waals surface area contributed by atoms with E-state index >= 15 is 0 Å². The molecule has 0 bridgehead atoms. The molecular formula is C15H23N3O3. The molecule has 0 atom stereocenters. The second-order valence-corrected chi connectivity index (χ2v) is 6.24. The molecule has 1 aromatic heterocycles. The third-order valence-corrected chi connectivity index (χ3v) is 4.15. The molecule has 0 aliphatic heterocycles. The van der Waals surface area contributed by atoms with Gasteiger partial charge in [0.15, 0.2) is 0 Å². The van der Waals surface area contributed by atoms with Crippen molar-refractivity contribution < 1.29 is 14.7 Å². The van der Waals surface area contributed by atoms with Crippen molar-refractivity contribution >= 4 is 11.9 Å². The Morgan fingerprint density at radius 2 is 2.05 bits per heavy atom. The lowest BCUT2D eigenvalue weighted by Crippen LogP contribution is -2.48. The number of rotatable bonds is 5. The van der Waals surface area contributed by atoms with Gasteiger partial charge < -0.3 is 10.4 Å². The first-order valence-electron chi connectivity index (χ1n) is 7.41. The number of carboxylic acids is 1. The molecule has 1 aromatic rings. The van der Waals surface area contributed by atoms with E-state index in [9.17, 15) is 9.59 Å². The summed E-state index contributed by atoms with van der Waals surface area (Å²) < 4.78 is 1.56. The lowest BCUT2D eigenvalue weighted by atomic mass is 9.93. The monoisotopic (exact) mass is 293 g/mol. The quantitative estimate of drug-likeness (QED) is 0.870. The Morgan fingerprint density at radius 1 is 1.43 bits per heavy atom. The fourth-order valence-corrected chi connectivity index (χ4v) is 2.98. The first kappa shape index (κ1) is 15.5. The van der Waals surface area contributed by atoms with Crippen LogP contribution in [0, 0.1) is 0 Å². The maximum Gasteiger partial charge on any atom is 0.305 e. The molecule has 2 rings (SSSR count). The number of nitrogens with one attached hydrogen (secondary N) is 1. The smallest absolute Gasteiger partial charge is 0.305 e. The fourth-order valence-electron chi connectivity index (χ4n) is 2.98. The van der Waals surface area contributed by atoms with E-state index in [1.54, 1.807) is 17.8 Å². The highest BCUT2D eigenvalue weighted by atomic mass is 16.4. The molecule has 1 saturated carbocycles. The van der Waals surface area contributed by atoms with Crippen molar-refractivity contribution in [2.75, 3.05) is 0 Å². The maximum absolute atomic E-state index is 12.5. The fraction of sp³-hybridized carbons (Fsp3) is 0.667. The highest BCUT2D eigenvalue weighted by Gasteiger charge is 2.38. The Kier molecular flexibility index (Phi) is 4.34. The molecule has 1 aliphatic carbocycles. The van der Waals surface area contributed by atoms with Gasteiger partial charge in [-0.25, -0.2) is 0 Å². The number of hydrogen-bond acceptors (Lipinski definition) is 3. The van der Waals surface area contributed by atoms with Gasteiger partial charge in [-0.2, -0.15) is 5.10 Å². The highest BCUT2D eigenvalue weighted by molar-refractivity contribution is 5.93. The summed E-state index contributed by atoms with van der Waals surface area (Å²) in [5.41, 5.74) is 0.738. The number of carbonyl (C=O) groups is 2. The van der Waals surface area contributed by atoms with Crippen molar-refractivity contribution in [3.8, 4) is 0 Å². The Balaban J connectivity index is 2.17. The van der Waals surface area contributed by atoms with E-state index in [1.807, 2.05) is 13.8 Å². The van der Waals surface area contributed by atoms with Crippen LogP contribution in [0.3, 0.4) is 0 Å². The lowest BCUT2D eigenvalue weighted by molar-refractivity contribution is -0.138. The van der Waals surface area contributed by atoms with Crippen LogP contribution in [-0.4, -0.2) is 32.3 Å². The van der Waals surface area contributed by atoms with Crippen LogP contribution in [-0.2, 0) is 11.8 Å². The second-order valence-electron chi connectivity index (χ2n) is 6.24. The number of hydrogen-bond donors (Lipinski definition) is 2. The normalized spacial score (nSPS) is 17.1. The van der Waals surface area contributed by atoms with Crippen LogP contribution in [0.1, 0.15) is 68.1 Å². The van der Waals surface area contributed by atoms with Crippen molar-refractivity contribution in [3.05, 3.63) is 17.5 Å². The van der Waals surface area contributed by atoms with Crippen LogP contribution < -0.4 is 5.32 Å². The van der Waals surface area contributed by atoms with E-state index in [1.165, 1.54) is 0 Å². The molecule has 1 amide bonds. The summed E-state index contributed by atoms with van der Waals surface area (Å²) in [7, 11) is 1.74. The molecule has 0 radical (unpaired) electrons. The molecule has 1 aliphatic rings. The SMILES string of the molecule is CC(C)c1cc(C(=O)NC2(CC(=O)O)CCCC2)n(C)n1. The van der Waals surface area contributed by atoms with E-state index in [0.717, 1.165) is 31.4 Å². The number of nitrogens with zero attached hydrogens (tertiary/aromatic N) is 2. The molecule has 1 heterocycles. The molecular weight excluding hydrogens is 270 g/mol. The topological polar surface area (TPSA) is 84.2 Å². The Morgan fingerprint density at radius 3 is 2.52 bits per heavy atom. The minimum absolute atomic E-state index is 0.0202. The number of amides is 1. The van der Waals surface area contributed by atoms with Crippen molar-refractivity contribution in [1.82, 2.24) is 15.1 Å². The van der Waals surface area contributed by atoms with Gasteiger partial charge in [0.1, 0.15) is 5.69 Å². The molecule has 21 heavy (non-hydrogen) atoms. The van der Waals surface area contributed by atoms with Crippen LogP contribution in [0.25, 0.3) is 0 Å². The first-order valence-corrected chi connectivity index (χ1v) is 7.41. The summed E-state index contributed by atoms with van der Waals surface area (Å²) in [6.07, 6.45) is 3.33. The highest BCUT2D eigenvalue weighted by Crippen LogP contribution is 2.33. The molecule has 1 fully saturated rings. The summed E-state index contributed by atoms with van der Waals surface area (Å²) in [5.74, 6) is -0.859. The zero-order valence-corrected chi connectivity index (χ0v) is 12.8. The van der Waals surface area contributed by atoms with Gasteiger partial charge in [0, 0.05) is 7.05 Å².